The van der Waals surface area contributed by atoms with Gasteiger partial charge in [0.05, 0.1) is 0 Å². The first kappa shape index (κ1) is 24.3. The molecule has 7 rings (SSSR count). The van der Waals surface area contributed by atoms with E-state index < -0.39 is 7.92 Å². The smallest absolute Gasteiger partial charge is 0.0240 e. The molecule has 6 aromatic rings. The Morgan fingerprint density at radius 3 is 1.62 bits per heavy atom. The van der Waals surface area contributed by atoms with Gasteiger partial charge >= 0.3 is 0 Å². The van der Waals surface area contributed by atoms with Gasteiger partial charge in [-0.25, -0.2) is 0 Å². The summed E-state index contributed by atoms with van der Waals surface area (Å²) in [5.74, 6) is 0. The molecule has 0 amide bonds. The van der Waals surface area contributed by atoms with E-state index in [0.717, 1.165) is 6.54 Å². The van der Waals surface area contributed by atoms with Crippen molar-refractivity contribution >= 4 is 45.4 Å². The van der Waals surface area contributed by atoms with E-state index in [0.29, 0.717) is 0 Å². The van der Waals surface area contributed by atoms with E-state index in [4.69, 9.17) is 0 Å². The summed E-state index contributed by atoms with van der Waals surface area (Å²) in [6.07, 6.45) is 2.60. The molecule has 6 aromatic carbocycles. The van der Waals surface area contributed by atoms with Crippen molar-refractivity contribution < 1.29 is 0 Å². The molecule has 1 nitrogen and oxygen atoms in total. The zero-order valence-corrected chi connectivity index (χ0v) is 23.0. The second-order valence-corrected chi connectivity index (χ2v) is 12.7. The Morgan fingerprint density at radius 2 is 1.00 bits per heavy atom. The Bertz CT molecular complexity index is 1700. The average Bonchev–Trinajstić information content (AvgIpc) is 3.52. The van der Waals surface area contributed by atoms with Gasteiger partial charge in [0.25, 0.3) is 0 Å². The van der Waals surface area contributed by atoms with E-state index in [-0.39, 0.29) is 0 Å². The van der Waals surface area contributed by atoms with Crippen LogP contribution < -0.4 is 15.9 Å². The lowest BCUT2D eigenvalue weighted by atomic mass is 9.90. The van der Waals surface area contributed by atoms with Crippen molar-refractivity contribution in [3.63, 3.8) is 0 Å². The molecule has 0 saturated carbocycles. The van der Waals surface area contributed by atoms with E-state index in [1.54, 1.807) is 0 Å². The second-order valence-electron chi connectivity index (χ2n) is 10.5. The Kier molecular flexibility index (Phi) is 6.71. The number of hydrogen-bond donors (Lipinski definition) is 0. The van der Waals surface area contributed by atoms with Gasteiger partial charge in [0.1, 0.15) is 0 Å². The highest BCUT2D eigenvalue weighted by atomic mass is 31.1. The van der Waals surface area contributed by atoms with Crippen molar-refractivity contribution in [2.24, 2.45) is 0 Å². The maximum atomic E-state index is 2.63. The molecule has 1 heterocycles. The van der Waals surface area contributed by atoms with Gasteiger partial charge in [0.15, 0.2) is 0 Å². The molecule has 0 aromatic heterocycles. The molecular formula is C37H32NP. The van der Waals surface area contributed by atoms with E-state index in [1.165, 1.54) is 80.1 Å². The first-order chi connectivity index (χ1) is 19.4. The molecule has 0 radical (unpaired) electrons. The van der Waals surface area contributed by atoms with Crippen molar-refractivity contribution in [1.29, 1.82) is 0 Å². The molecule has 0 aliphatic carbocycles. The molecule has 1 aliphatic rings. The van der Waals surface area contributed by atoms with E-state index in [2.05, 4.69) is 138 Å². The molecule has 0 bridgehead atoms. The summed E-state index contributed by atoms with van der Waals surface area (Å²) < 4.78 is 0. The van der Waals surface area contributed by atoms with E-state index >= 15 is 0 Å². The highest BCUT2D eigenvalue weighted by Crippen LogP contribution is 2.43. The fraction of sp³-hybridized carbons (Fsp3) is 0.135. The number of likely N-dealkylation sites (tertiary alicyclic amines) is 1. The Morgan fingerprint density at radius 1 is 0.487 bits per heavy atom. The minimum Gasteiger partial charge on any atom is -0.299 e. The highest BCUT2D eigenvalue weighted by molar-refractivity contribution is 7.80. The second kappa shape index (κ2) is 10.8. The summed E-state index contributed by atoms with van der Waals surface area (Å²) in [5.41, 5.74) is 4.24. The van der Waals surface area contributed by atoms with Gasteiger partial charge in [-0.05, 0) is 88.0 Å². The van der Waals surface area contributed by atoms with Gasteiger partial charge in [0, 0.05) is 6.54 Å². The topological polar surface area (TPSA) is 3.24 Å². The lowest BCUT2D eigenvalue weighted by Gasteiger charge is -2.26. The molecular weight excluding hydrogens is 489 g/mol. The van der Waals surface area contributed by atoms with Crippen molar-refractivity contribution in [1.82, 2.24) is 4.90 Å². The number of benzene rings is 6. The Balaban J connectivity index is 1.57. The van der Waals surface area contributed by atoms with Crippen LogP contribution in [0.4, 0.5) is 0 Å². The quantitative estimate of drug-likeness (QED) is 0.201. The summed E-state index contributed by atoms with van der Waals surface area (Å²) in [6.45, 7) is 3.38. The monoisotopic (exact) mass is 521 g/mol. The van der Waals surface area contributed by atoms with E-state index in [1.807, 2.05) is 0 Å². The summed E-state index contributed by atoms with van der Waals surface area (Å²) in [5, 5.41) is 9.50. The Hall–Kier alpha value is -3.77. The normalized spacial score (nSPS) is 14.0. The summed E-state index contributed by atoms with van der Waals surface area (Å²) in [6, 6.07) is 49.6. The van der Waals surface area contributed by atoms with Crippen LogP contribution in [0.25, 0.3) is 32.7 Å². The van der Waals surface area contributed by atoms with Gasteiger partial charge in [-0.1, -0.05) is 133 Å². The predicted octanol–water partition coefficient (Wildman–Crippen LogP) is 8.01. The van der Waals surface area contributed by atoms with Crippen LogP contribution in [-0.2, 0) is 6.54 Å². The third kappa shape index (κ3) is 4.67. The molecule has 0 N–H and O–H groups in total. The van der Waals surface area contributed by atoms with Crippen LogP contribution in [0.15, 0.2) is 133 Å². The van der Waals surface area contributed by atoms with E-state index in [9.17, 15) is 0 Å². The van der Waals surface area contributed by atoms with Crippen LogP contribution in [-0.4, -0.2) is 18.0 Å². The van der Waals surface area contributed by atoms with Crippen molar-refractivity contribution in [3.05, 3.63) is 139 Å². The van der Waals surface area contributed by atoms with Crippen LogP contribution in [0.1, 0.15) is 18.4 Å². The Labute approximate surface area is 232 Å². The number of nitrogens with zero attached hydrogens (tertiary/aromatic N) is 1. The fourth-order valence-corrected chi connectivity index (χ4v) is 8.69. The first-order valence-corrected chi connectivity index (χ1v) is 15.4. The minimum atomic E-state index is -0.760. The summed E-state index contributed by atoms with van der Waals surface area (Å²) >= 11 is 0. The summed E-state index contributed by atoms with van der Waals surface area (Å²) in [4.78, 5) is 2.63. The molecule has 0 atom stereocenters. The standard InChI is InChI=1S/C37H32NP/c1-3-15-31(16-4-1)39(32-17-5-2-6-18-32)35-24-23-29-14-8-10-20-34(29)37(35)36-30(27-38-25-11-12-26-38)22-21-28-13-7-9-19-33(28)36/h1-10,13-24H,11-12,25-27H2. The zero-order valence-electron chi connectivity index (χ0n) is 22.1. The molecule has 2 heteroatoms. The molecule has 0 unspecified atom stereocenters. The van der Waals surface area contributed by atoms with Crippen LogP contribution in [0.2, 0.25) is 0 Å². The predicted molar refractivity (Wildman–Crippen MR) is 170 cm³/mol. The highest BCUT2D eigenvalue weighted by Gasteiger charge is 2.25. The first-order valence-electron chi connectivity index (χ1n) is 14.0. The molecule has 190 valence electrons. The average molecular weight is 522 g/mol. The number of hydrogen-bond acceptors (Lipinski definition) is 1. The van der Waals surface area contributed by atoms with Gasteiger partial charge in [0.2, 0.25) is 0 Å². The van der Waals surface area contributed by atoms with Gasteiger partial charge < -0.3 is 0 Å². The molecule has 1 fully saturated rings. The molecule has 39 heavy (non-hydrogen) atoms. The summed E-state index contributed by atoms with van der Waals surface area (Å²) in [7, 11) is -0.760. The van der Waals surface area contributed by atoms with Crippen molar-refractivity contribution in [2.75, 3.05) is 13.1 Å². The maximum absolute atomic E-state index is 2.63. The lowest BCUT2D eigenvalue weighted by Crippen LogP contribution is -2.23. The third-order valence-corrected chi connectivity index (χ3v) is 10.5. The third-order valence-electron chi connectivity index (χ3n) is 8.03. The molecule has 1 saturated heterocycles. The fourth-order valence-electron chi connectivity index (χ4n) is 6.22. The zero-order chi connectivity index (χ0) is 26.0. The van der Waals surface area contributed by atoms with Crippen molar-refractivity contribution in [2.45, 2.75) is 19.4 Å². The molecule has 0 spiro atoms. The van der Waals surface area contributed by atoms with Crippen LogP contribution in [0.5, 0.6) is 0 Å². The minimum absolute atomic E-state index is 0.760. The van der Waals surface area contributed by atoms with Gasteiger partial charge in [-0.15, -0.1) is 0 Å². The van der Waals surface area contributed by atoms with Gasteiger partial charge in [-0.3, -0.25) is 4.90 Å². The maximum Gasteiger partial charge on any atom is 0.0240 e. The van der Waals surface area contributed by atoms with Crippen LogP contribution in [0, 0.1) is 0 Å². The number of fused-ring (bicyclic) bond motifs is 2. The van der Waals surface area contributed by atoms with Crippen LogP contribution >= 0.6 is 7.92 Å². The largest absolute Gasteiger partial charge is 0.299 e. The van der Waals surface area contributed by atoms with Gasteiger partial charge in [-0.2, -0.15) is 0 Å². The van der Waals surface area contributed by atoms with Crippen LogP contribution in [0.3, 0.4) is 0 Å². The molecule has 1 aliphatic heterocycles. The SMILES string of the molecule is c1ccc(P(c2ccccc2)c2ccc3ccccc3c2-c2c(CN3CCCC3)ccc3ccccc23)cc1. The van der Waals surface area contributed by atoms with Crippen molar-refractivity contribution in [3.8, 4) is 11.1 Å². The lowest BCUT2D eigenvalue weighted by molar-refractivity contribution is 0.332. The number of rotatable bonds is 6.